The van der Waals surface area contributed by atoms with Crippen molar-refractivity contribution in [3.8, 4) is 10.4 Å². The van der Waals surface area contributed by atoms with Crippen molar-refractivity contribution in [2.45, 2.75) is 27.0 Å². The molecule has 11 nitrogen and oxygen atoms in total. The lowest BCUT2D eigenvalue weighted by Crippen LogP contribution is -2.48. The molecule has 0 saturated carbocycles. The van der Waals surface area contributed by atoms with E-state index in [0.29, 0.717) is 48.3 Å². The van der Waals surface area contributed by atoms with E-state index >= 15 is 0 Å². The van der Waals surface area contributed by atoms with E-state index in [1.165, 1.54) is 11.3 Å². The van der Waals surface area contributed by atoms with Crippen LogP contribution in [0.1, 0.15) is 28.7 Å². The molecule has 4 aromatic heterocycles. The van der Waals surface area contributed by atoms with Crippen LogP contribution in [0.25, 0.3) is 15.3 Å². The Morgan fingerprint density at radius 2 is 2.06 bits per heavy atom. The molecule has 2 N–H and O–H groups in total. The highest BCUT2D eigenvalue weighted by atomic mass is 32.1. The standard InChI is InChI=1S/C24H26N8O3S/c1-14-9-30(10-14)12-22(33)28-16-5-19(15(2)25-6-16)29-23(34)18-8-27-32-11-21(36-24(18)32)17-7-26-31-3-4-35-13-20(17)31/h5-8,11,14H,3-4,9-10,12-13H2,1-2H3,(H,28,33)(H,29,34). The number of carbonyl (C=O) groups excluding carboxylic acids is 2. The Kier molecular flexibility index (Phi) is 5.78. The number of anilines is 2. The third kappa shape index (κ3) is 4.27. The van der Waals surface area contributed by atoms with Gasteiger partial charge in [0.05, 0.1) is 78.1 Å². The van der Waals surface area contributed by atoms with Crippen LogP contribution in [-0.4, -0.2) is 67.3 Å². The average Bonchev–Trinajstić information content (AvgIpc) is 3.54. The molecule has 6 rings (SSSR count). The summed E-state index contributed by atoms with van der Waals surface area (Å²) in [6.07, 6.45) is 6.91. The number of thiazole rings is 1. The predicted molar refractivity (Wildman–Crippen MR) is 135 cm³/mol. The molecule has 0 aromatic carbocycles. The number of aryl methyl sites for hydroxylation is 1. The number of ether oxygens (including phenoxy) is 1. The van der Waals surface area contributed by atoms with Crippen LogP contribution < -0.4 is 10.6 Å². The average molecular weight is 507 g/mol. The first-order valence-electron chi connectivity index (χ1n) is 11.8. The molecule has 36 heavy (non-hydrogen) atoms. The summed E-state index contributed by atoms with van der Waals surface area (Å²) < 4.78 is 9.27. The van der Waals surface area contributed by atoms with Crippen molar-refractivity contribution < 1.29 is 14.3 Å². The van der Waals surface area contributed by atoms with E-state index in [2.05, 4.69) is 37.6 Å². The molecule has 1 saturated heterocycles. The van der Waals surface area contributed by atoms with Crippen molar-refractivity contribution >= 4 is 39.4 Å². The number of aromatic nitrogens is 5. The lowest BCUT2D eigenvalue weighted by atomic mass is 10.0. The van der Waals surface area contributed by atoms with Gasteiger partial charge in [-0.25, -0.2) is 4.52 Å². The Bertz CT molecular complexity index is 1470. The van der Waals surface area contributed by atoms with Crippen LogP contribution in [0.15, 0.2) is 30.9 Å². The number of likely N-dealkylation sites (tertiary alicyclic amines) is 1. The number of fused-ring (bicyclic) bond motifs is 2. The topological polar surface area (TPSA) is 119 Å². The Labute approximate surface area is 211 Å². The van der Waals surface area contributed by atoms with Crippen LogP contribution in [0.5, 0.6) is 0 Å². The van der Waals surface area contributed by atoms with Gasteiger partial charge in [-0.2, -0.15) is 10.2 Å². The van der Waals surface area contributed by atoms with Gasteiger partial charge < -0.3 is 15.4 Å². The molecule has 4 aromatic rings. The minimum Gasteiger partial charge on any atom is -0.373 e. The van der Waals surface area contributed by atoms with Crippen LogP contribution in [0.3, 0.4) is 0 Å². The van der Waals surface area contributed by atoms with Crippen LogP contribution in [0, 0.1) is 12.8 Å². The van der Waals surface area contributed by atoms with E-state index in [-0.39, 0.29) is 11.8 Å². The molecule has 0 unspecified atom stereocenters. The molecule has 12 heteroatoms. The third-order valence-electron chi connectivity index (χ3n) is 6.47. The molecule has 0 radical (unpaired) electrons. The van der Waals surface area contributed by atoms with Crippen molar-refractivity contribution in [3.05, 3.63) is 47.8 Å². The Morgan fingerprint density at radius 3 is 2.89 bits per heavy atom. The summed E-state index contributed by atoms with van der Waals surface area (Å²) >= 11 is 1.48. The van der Waals surface area contributed by atoms with Gasteiger partial charge in [0, 0.05) is 24.8 Å². The Balaban J connectivity index is 1.19. The summed E-state index contributed by atoms with van der Waals surface area (Å²) in [6, 6.07) is 1.73. The van der Waals surface area contributed by atoms with E-state index in [4.69, 9.17) is 4.74 Å². The molecular weight excluding hydrogens is 480 g/mol. The van der Waals surface area contributed by atoms with Gasteiger partial charge in [0.15, 0.2) is 0 Å². The van der Waals surface area contributed by atoms with Gasteiger partial charge in [-0.15, -0.1) is 11.3 Å². The van der Waals surface area contributed by atoms with Crippen LogP contribution >= 0.6 is 11.3 Å². The van der Waals surface area contributed by atoms with Crippen molar-refractivity contribution in [3.63, 3.8) is 0 Å². The maximum atomic E-state index is 13.2. The molecule has 0 spiro atoms. The monoisotopic (exact) mass is 506 g/mol. The van der Waals surface area contributed by atoms with Crippen molar-refractivity contribution in [1.29, 1.82) is 0 Å². The highest BCUT2D eigenvalue weighted by Crippen LogP contribution is 2.34. The fourth-order valence-electron chi connectivity index (χ4n) is 4.63. The normalized spacial score (nSPS) is 16.1. The van der Waals surface area contributed by atoms with E-state index in [1.807, 2.05) is 24.0 Å². The fourth-order valence-corrected chi connectivity index (χ4v) is 5.72. The van der Waals surface area contributed by atoms with E-state index < -0.39 is 0 Å². The molecule has 1 fully saturated rings. The van der Waals surface area contributed by atoms with Crippen LogP contribution in [0.4, 0.5) is 11.4 Å². The zero-order valence-corrected chi connectivity index (χ0v) is 20.8. The maximum Gasteiger partial charge on any atom is 0.260 e. The zero-order chi connectivity index (χ0) is 24.8. The SMILES string of the molecule is Cc1ncc(NC(=O)CN2CC(C)C2)cc1NC(=O)c1cnn2cc(-c3cnn4c3COCC4)sc12. The van der Waals surface area contributed by atoms with Gasteiger partial charge in [-0.05, 0) is 18.9 Å². The minimum absolute atomic E-state index is 0.0953. The van der Waals surface area contributed by atoms with Gasteiger partial charge in [0.25, 0.3) is 5.91 Å². The number of nitrogens with zero attached hydrogens (tertiary/aromatic N) is 6. The molecular formula is C24H26N8O3S. The fraction of sp³-hybridized carbons (Fsp3) is 0.375. The number of pyridine rings is 1. The smallest absolute Gasteiger partial charge is 0.260 e. The largest absolute Gasteiger partial charge is 0.373 e. The summed E-state index contributed by atoms with van der Waals surface area (Å²) in [4.78, 5) is 33.7. The molecule has 0 atom stereocenters. The number of nitrogens with one attached hydrogen (secondary N) is 2. The highest BCUT2D eigenvalue weighted by Gasteiger charge is 2.25. The van der Waals surface area contributed by atoms with Gasteiger partial charge in [0.2, 0.25) is 5.91 Å². The van der Waals surface area contributed by atoms with Crippen LogP contribution in [0.2, 0.25) is 0 Å². The van der Waals surface area contributed by atoms with Crippen molar-refractivity contribution in [1.82, 2.24) is 29.3 Å². The molecule has 6 heterocycles. The quantitative estimate of drug-likeness (QED) is 0.413. The predicted octanol–water partition coefficient (Wildman–Crippen LogP) is 2.64. The van der Waals surface area contributed by atoms with E-state index in [9.17, 15) is 9.59 Å². The van der Waals surface area contributed by atoms with Crippen molar-refractivity contribution in [2.75, 3.05) is 36.9 Å². The van der Waals surface area contributed by atoms with Gasteiger partial charge in [-0.3, -0.25) is 24.2 Å². The molecule has 2 aliphatic rings. The van der Waals surface area contributed by atoms with Gasteiger partial charge in [0.1, 0.15) is 4.83 Å². The molecule has 0 bridgehead atoms. The third-order valence-corrected chi connectivity index (χ3v) is 7.61. The van der Waals surface area contributed by atoms with Crippen molar-refractivity contribution in [2.24, 2.45) is 5.92 Å². The lowest BCUT2D eigenvalue weighted by Gasteiger charge is -2.36. The molecule has 2 aliphatic heterocycles. The van der Waals surface area contributed by atoms with E-state index in [1.54, 1.807) is 23.0 Å². The zero-order valence-electron chi connectivity index (χ0n) is 20.0. The Morgan fingerprint density at radius 1 is 1.19 bits per heavy atom. The summed E-state index contributed by atoms with van der Waals surface area (Å²) in [5, 5.41) is 14.7. The number of hydrogen-bond acceptors (Lipinski definition) is 8. The maximum absolute atomic E-state index is 13.2. The molecule has 2 amide bonds. The number of amides is 2. The van der Waals surface area contributed by atoms with Gasteiger partial charge >= 0.3 is 0 Å². The number of rotatable bonds is 6. The number of carbonyl (C=O) groups is 2. The molecule has 0 aliphatic carbocycles. The minimum atomic E-state index is -0.290. The first-order chi connectivity index (χ1) is 17.4. The summed E-state index contributed by atoms with van der Waals surface area (Å²) in [6.45, 7) is 8.09. The second-order valence-electron chi connectivity index (χ2n) is 9.34. The first-order valence-corrected chi connectivity index (χ1v) is 12.7. The van der Waals surface area contributed by atoms with Crippen LogP contribution in [-0.2, 0) is 22.7 Å². The first kappa shape index (κ1) is 22.8. The number of hydrogen-bond donors (Lipinski definition) is 2. The highest BCUT2D eigenvalue weighted by molar-refractivity contribution is 7.21. The summed E-state index contributed by atoms with van der Waals surface area (Å²) in [5.41, 5.74) is 4.22. The van der Waals surface area contributed by atoms with Gasteiger partial charge in [-0.1, -0.05) is 6.92 Å². The lowest BCUT2D eigenvalue weighted by molar-refractivity contribution is -0.118. The van der Waals surface area contributed by atoms with E-state index in [0.717, 1.165) is 40.6 Å². The summed E-state index contributed by atoms with van der Waals surface area (Å²) in [7, 11) is 0. The molecule has 186 valence electrons. The second-order valence-corrected chi connectivity index (χ2v) is 10.4. The Hall–Kier alpha value is -3.61. The second kappa shape index (κ2) is 9.12. The summed E-state index contributed by atoms with van der Waals surface area (Å²) in [5.74, 6) is 0.249.